The normalized spacial score (nSPS) is 14.3. The summed E-state index contributed by atoms with van der Waals surface area (Å²) in [6.45, 7) is 0. The summed E-state index contributed by atoms with van der Waals surface area (Å²) in [5.41, 5.74) is 1.23. The number of hydrogen-bond acceptors (Lipinski definition) is 6. The Labute approximate surface area is 138 Å². The van der Waals surface area contributed by atoms with E-state index in [0.717, 1.165) is 23.3 Å². The summed E-state index contributed by atoms with van der Waals surface area (Å²) in [5, 5.41) is 17.6. The zero-order chi connectivity index (χ0) is 15.6. The van der Waals surface area contributed by atoms with Crippen LogP contribution < -0.4 is 0 Å². The standard InChI is InChI=1S/C16H17N5OS/c1-21-13(9-11-5-3-2-4-6-11)17-20-16(21)23-10-14-18-19-15(22-14)12-7-8-12/h2-6,12H,7-10H2,1H3. The Morgan fingerprint density at radius 3 is 2.74 bits per heavy atom. The molecule has 0 atom stereocenters. The molecule has 1 fully saturated rings. The van der Waals surface area contributed by atoms with Gasteiger partial charge in [0.15, 0.2) is 5.16 Å². The average molecular weight is 327 g/mol. The fraction of sp³-hybridized carbons (Fsp3) is 0.375. The highest BCUT2D eigenvalue weighted by Gasteiger charge is 2.29. The van der Waals surface area contributed by atoms with E-state index in [2.05, 4.69) is 32.5 Å². The Morgan fingerprint density at radius 2 is 1.96 bits per heavy atom. The van der Waals surface area contributed by atoms with Crippen molar-refractivity contribution in [2.75, 3.05) is 0 Å². The summed E-state index contributed by atoms with van der Waals surface area (Å²) in [6, 6.07) is 10.3. The maximum atomic E-state index is 5.67. The number of nitrogens with zero attached hydrogens (tertiary/aromatic N) is 5. The molecule has 1 aromatic carbocycles. The van der Waals surface area contributed by atoms with Crippen molar-refractivity contribution < 1.29 is 4.42 Å². The van der Waals surface area contributed by atoms with Crippen LogP contribution >= 0.6 is 11.8 Å². The maximum absolute atomic E-state index is 5.67. The van der Waals surface area contributed by atoms with Crippen LogP contribution in [0.1, 0.15) is 41.9 Å². The first kappa shape index (κ1) is 14.4. The van der Waals surface area contributed by atoms with E-state index >= 15 is 0 Å². The highest BCUT2D eigenvalue weighted by atomic mass is 32.2. The lowest BCUT2D eigenvalue weighted by molar-refractivity contribution is 0.466. The molecule has 1 aliphatic rings. The van der Waals surface area contributed by atoms with Crippen LogP contribution in [0.4, 0.5) is 0 Å². The third-order valence-corrected chi connectivity index (χ3v) is 4.87. The second-order valence-electron chi connectivity index (χ2n) is 5.72. The van der Waals surface area contributed by atoms with Crippen LogP contribution in [-0.2, 0) is 19.2 Å². The van der Waals surface area contributed by atoms with E-state index in [9.17, 15) is 0 Å². The Morgan fingerprint density at radius 1 is 1.13 bits per heavy atom. The molecule has 2 heterocycles. The molecule has 23 heavy (non-hydrogen) atoms. The van der Waals surface area contributed by atoms with Gasteiger partial charge in [-0.05, 0) is 18.4 Å². The zero-order valence-electron chi connectivity index (χ0n) is 12.8. The first-order valence-electron chi connectivity index (χ1n) is 7.67. The van der Waals surface area contributed by atoms with Crippen LogP contribution in [0.15, 0.2) is 39.9 Å². The molecule has 1 saturated carbocycles. The highest BCUT2D eigenvalue weighted by Crippen LogP contribution is 2.39. The molecule has 0 bridgehead atoms. The minimum absolute atomic E-state index is 0.494. The van der Waals surface area contributed by atoms with Crippen LogP contribution in [0.2, 0.25) is 0 Å². The zero-order valence-corrected chi connectivity index (χ0v) is 13.7. The molecule has 6 nitrogen and oxygen atoms in total. The first-order chi connectivity index (χ1) is 11.3. The second-order valence-corrected chi connectivity index (χ2v) is 6.66. The Bertz CT molecular complexity index is 794. The molecule has 118 valence electrons. The van der Waals surface area contributed by atoms with Crippen molar-refractivity contribution in [3.05, 3.63) is 53.5 Å². The molecule has 0 unspecified atom stereocenters. The third kappa shape index (κ3) is 3.29. The van der Waals surface area contributed by atoms with Gasteiger partial charge >= 0.3 is 0 Å². The lowest BCUT2D eigenvalue weighted by Crippen LogP contribution is -2.00. The van der Waals surface area contributed by atoms with E-state index < -0.39 is 0 Å². The van der Waals surface area contributed by atoms with Gasteiger partial charge in [-0.2, -0.15) is 0 Å². The topological polar surface area (TPSA) is 69.6 Å². The smallest absolute Gasteiger partial charge is 0.226 e. The molecule has 0 N–H and O–H groups in total. The molecule has 3 aromatic rings. The van der Waals surface area contributed by atoms with Gasteiger partial charge in [0.2, 0.25) is 11.8 Å². The first-order valence-corrected chi connectivity index (χ1v) is 8.65. The Balaban J connectivity index is 1.41. The van der Waals surface area contributed by atoms with Crippen molar-refractivity contribution in [2.24, 2.45) is 7.05 Å². The van der Waals surface area contributed by atoms with Crippen molar-refractivity contribution in [1.29, 1.82) is 0 Å². The van der Waals surface area contributed by atoms with Crippen molar-refractivity contribution in [1.82, 2.24) is 25.0 Å². The third-order valence-electron chi connectivity index (χ3n) is 3.86. The largest absolute Gasteiger partial charge is 0.424 e. The van der Waals surface area contributed by atoms with E-state index in [1.54, 1.807) is 11.8 Å². The van der Waals surface area contributed by atoms with Gasteiger partial charge in [0.25, 0.3) is 0 Å². The fourth-order valence-electron chi connectivity index (χ4n) is 2.35. The average Bonchev–Trinajstić information content (AvgIpc) is 3.23. The van der Waals surface area contributed by atoms with E-state index in [-0.39, 0.29) is 0 Å². The predicted molar refractivity (Wildman–Crippen MR) is 86.1 cm³/mol. The van der Waals surface area contributed by atoms with Gasteiger partial charge in [-0.15, -0.1) is 20.4 Å². The van der Waals surface area contributed by atoms with Gasteiger partial charge < -0.3 is 8.98 Å². The Hall–Kier alpha value is -2.15. The van der Waals surface area contributed by atoms with Gasteiger partial charge in [-0.1, -0.05) is 42.1 Å². The van der Waals surface area contributed by atoms with E-state index in [4.69, 9.17) is 4.42 Å². The Kier molecular flexibility index (Phi) is 3.87. The van der Waals surface area contributed by atoms with Crippen LogP contribution in [-0.4, -0.2) is 25.0 Å². The molecule has 2 aromatic heterocycles. The molecular formula is C16H17N5OS. The van der Waals surface area contributed by atoms with Gasteiger partial charge in [0.1, 0.15) is 5.82 Å². The summed E-state index contributed by atoms with van der Waals surface area (Å²) >= 11 is 1.57. The molecule has 0 radical (unpaired) electrons. The molecule has 4 rings (SSSR count). The van der Waals surface area contributed by atoms with E-state index in [0.29, 0.717) is 17.6 Å². The summed E-state index contributed by atoms with van der Waals surface area (Å²) in [5.74, 6) is 3.50. The summed E-state index contributed by atoms with van der Waals surface area (Å²) in [4.78, 5) is 0. The summed E-state index contributed by atoms with van der Waals surface area (Å²) in [6.07, 6.45) is 3.11. The minimum Gasteiger partial charge on any atom is -0.424 e. The van der Waals surface area contributed by atoms with Gasteiger partial charge in [0, 0.05) is 19.4 Å². The monoisotopic (exact) mass is 327 g/mol. The van der Waals surface area contributed by atoms with Crippen LogP contribution in [0.3, 0.4) is 0 Å². The van der Waals surface area contributed by atoms with Crippen LogP contribution in [0, 0.1) is 0 Å². The van der Waals surface area contributed by atoms with Crippen LogP contribution in [0.5, 0.6) is 0 Å². The van der Waals surface area contributed by atoms with Crippen LogP contribution in [0.25, 0.3) is 0 Å². The molecule has 0 spiro atoms. The molecule has 0 aliphatic heterocycles. The molecule has 7 heteroatoms. The lowest BCUT2D eigenvalue weighted by Gasteiger charge is -2.03. The van der Waals surface area contributed by atoms with E-state index in [1.165, 1.54) is 18.4 Å². The van der Waals surface area contributed by atoms with Gasteiger partial charge in [-0.3, -0.25) is 0 Å². The number of thioether (sulfide) groups is 1. The second kappa shape index (κ2) is 6.16. The molecule has 1 aliphatic carbocycles. The van der Waals surface area contributed by atoms with Gasteiger partial charge in [-0.25, -0.2) is 0 Å². The maximum Gasteiger partial charge on any atom is 0.226 e. The van der Waals surface area contributed by atoms with E-state index in [1.807, 2.05) is 29.8 Å². The lowest BCUT2D eigenvalue weighted by atomic mass is 10.1. The van der Waals surface area contributed by atoms with Crippen molar-refractivity contribution in [2.45, 2.75) is 36.1 Å². The molecule has 0 amide bonds. The summed E-state index contributed by atoms with van der Waals surface area (Å²) < 4.78 is 7.69. The quantitative estimate of drug-likeness (QED) is 0.648. The predicted octanol–water partition coefficient (Wildman–Crippen LogP) is 2.96. The fourth-order valence-corrected chi connectivity index (χ4v) is 3.12. The minimum atomic E-state index is 0.494. The number of rotatable bonds is 6. The van der Waals surface area contributed by atoms with Crippen molar-refractivity contribution in [3.8, 4) is 0 Å². The van der Waals surface area contributed by atoms with Crippen molar-refractivity contribution >= 4 is 11.8 Å². The number of benzene rings is 1. The molecular weight excluding hydrogens is 310 g/mol. The summed E-state index contributed by atoms with van der Waals surface area (Å²) in [7, 11) is 1.99. The van der Waals surface area contributed by atoms with Crippen molar-refractivity contribution in [3.63, 3.8) is 0 Å². The van der Waals surface area contributed by atoms with Gasteiger partial charge in [0.05, 0.1) is 5.75 Å². The number of hydrogen-bond donors (Lipinski definition) is 0. The highest BCUT2D eigenvalue weighted by molar-refractivity contribution is 7.98. The number of aromatic nitrogens is 5. The SMILES string of the molecule is Cn1c(Cc2ccccc2)nnc1SCc1nnc(C2CC2)o1. The molecule has 0 saturated heterocycles.